The summed E-state index contributed by atoms with van der Waals surface area (Å²) in [7, 11) is 0. The lowest BCUT2D eigenvalue weighted by molar-refractivity contribution is -0.384. The number of carbonyl (C=O) groups is 1. The number of hydrogen-bond acceptors (Lipinski definition) is 5. The zero-order valence-corrected chi connectivity index (χ0v) is 10.2. The molecule has 0 bridgehead atoms. The van der Waals surface area contributed by atoms with Gasteiger partial charge in [0.2, 0.25) is 0 Å². The molecule has 1 N–H and O–H groups in total. The first-order chi connectivity index (χ1) is 9.06. The second-order valence-electron chi connectivity index (χ2n) is 3.49. The van der Waals surface area contributed by atoms with Crippen LogP contribution in [0.2, 0.25) is 5.15 Å². The smallest absolute Gasteiger partial charge is 0.275 e. The summed E-state index contributed by atoms with van der Waals surface area (Å²) in [6, 6.07) is 5.43. The molecular weight excluding hydrogens is 272 g/mol. The molecule has 19 heavy (non-hydrogen) atoms. The summed E-state index contributed by atoms with van der Waals surface area (Å²) in [5.41, 5.74) is 0.420. The summed E-state index contributed by atoms with van der Waals surface area (Å²) in [6.45, 7) is 0. The topological polar surface area (TPSA) is 98.0 Å². The number of nitro benzene ring substituents is 1. The molecule has 0 unspecified atom stereocenters. The van der Waals surface area contributed by atoms with Crippen LogP contribution in [0.1, 0.15) is 10.5 Å². The molecule has 0 fully saturated rings. The lowest BCUT2D eigenvalue weighted by atomic mass is 10.3. The minimum absolute atomic E-state index is 0.0550. The fraction of sp³-hybridized carbons (Fsp3) is 0. The zero-order valence-electron chi connectivity index (χ0n) is 9.41. The first-order valence-electron chi connectivity index (χ1n) is 5.09. The Morgan fingerprint density at radius 3 is 2.53 bits per heavy atom. The summed E-state index contributed by atoms with van der Waals surface area (Å²) in [5, 5.41) is 13.1. The van der Waals surface area contributed by atoms with Crippen molar-refractivity contribution >= 4 is 28.9 Å². The van der Waals surface area contributed by atoms with Crippen LogP contribution in [0.4, 0.5) is 11.4 Å². The highest BCUT2D eigenvalue weighted by Crippen LogP contribution is 2.16. The van der Waals surface area contributed by atoms with Gasteiger partial charge < -0.3 is 5.32 Å². The maximum atomic E-state index is 11.8. The molecule has 0 spiro atoms. The average Bonchev–Trinajstić information content (AvgIpc) is 2.39. The van der Waals surface area contributed by atoms with Crippen molar-refractivity contribution in [2.75, 3.05) is 5.32 Å². The summed E-state index contributed by atoms with van der Waals surface area (Å²) in [5.74, 6) is -0.496. The Morgan fingerprint density at radius 2 is 1.95 bits per heavy atom. The van der Waals surface area contributed by atoms with E-state index < -0.39 is 10.8 Å². The van der Waals surface area contributed by atoms with E-state index in [0.717, 1.165) is 0 Å². The molecule has 0 aliphatic rings. The third-order valence-corrected chi connectivity index (χ3v) is 2.36. The maximum absolute atomic E-state index is 11.8. The molecule has 0 saturated carbocycles. The average molecular weight is 279 g/mol. The van der Waals surface area contributed by atoms with Gasteiger partial charge in [0.15, 0.2) is 0 Å². The standard InChI is InChI=1S/C11H7ClN4O3/c12-10-6-13-5-9(15-10)11(17)14-7-1-3-8(4-2-7)16(18)19/h1-6H,(H,14,17). The van der Waals surface area contributed by atoms with Gasteiger partial charge in [-0.2, -0.15) is 0 Å². The van der Waals surface area contributed by atoms with Crippen LogP contribution >= 0.6 is 11.6 Å². The summed E-state index contributed by atoms with van der Waals surface area (Å²) in [6.07, 6.45) is 2.58. The van der Waals surface area contributed by atoms with Gasteiger partial charge in [-0.05, 0) is 12.1 Å². The predicted octanol–water partition coefficient (Wildman–Crippen LogP) is 2.29. The van der Waals surface area contributed by atoms with E-state index in [1.54, 1.807) is 0 Å². The number of nitro groups is 1. The lowest BCUT2D eigenvalue weighted by Gasteiger charge is -2.04. The van der Waals surface area contributed by atoms with Crippen molar-refractivity contribution in [1.29, 1.82) is 0 Å². The molecule has 1 aromatic heterocycles. The van der Waals surface area contributed by atoms with Gasteiger partial charge in [-0.3, -0.25) is 19.9 Å². The van der Waals surface area contributed by atoms with Crippen molar-refractivity contribution in [3.63, 3.8) is 0 Å². The molecule has 2 rings (SSSR count). The minimum atomic E-state index is -0.520. The molecule has 1 amide bonds. The molecular formula is C11H7ClN4O3. The van der Waals surface area contributed by atoms with Crippen LogP contribution in [-0.4, -0.2) is 20.8 Å². The first kappa shape index (κ1) is 12.9. The van der Waals surface area contributed by atoms with Gasteiger partial charge in [0.1, 0.15) is 10.8 Å². The van der Waals surface area contributed by atoms with Crippen LogP contribution in [0.25, 0.3) is 0 Å². The number of rotatable bonds is 3. The van der Waals surface area contributed by atoms with Crippen molar-refractivity contribution in [3.05, 3.63) is 57.6 Å². The van der Waals surface area contributed by atoms with Crippen LogP contribution < -0.4 is 5.32 Å². The predicted molar refractivity (Wildman–Crippen MR) is 68.1 cm³/mol. The lowest BCUT2D eigenvalue weighted by Crippen LogP contribution is -2.14. The van der Waals surface area contributed by atoms with Gasteiger partial charge in [-0.15, -0.1) is 0 Å². The molecule has 0 radical (unpaired) electrons. The molecule has 1 heterocycles. The van der Waals surface area contributed by atoms with Crippen LogP contribution in [-0.2, 0) is 0 Å². The summed E-state index contributed by atoms with van der Waals surface area (Å²) >= 11 is 5.62. The van der Waals surface area contributed by atoms with Gasteiger partial charge >= 0.3 is 0 Å². The molecule has 0 saturated heterocycles. The van der Waals surface area contributed by atoms with E-state index in [-0.39, 0.29) is 16.5 Å². The first-order valence-corrected chi connectivity index (χ1v) is 5.47. The van der Waals surface area contributed by atoms with E-state index in [1.165, 1.54) is 36.7 Å². The van der Waals surface area contributed by atoms with Crippen molar-refractivity contribution in [1.82, 2.24) is 9.97 Å². The van der Waals surface area contributed by atoms with Crippen molar-refractivity contribution in [2.45, 2.75) is 0 Å². The number of nitrogens with zero attached hydrogens (tertiary/aromatic N) is 3. The molecule has 0 aliphatic carbocycles. The molecule has 8 heteroatoms. The summed E-state index contributed by atoms with van der Waals surface area (Å²) in [4.78, 5) is 29.3. The van der Waals surface area contributed by atoms with Gasteiger partial charge in [0.05, 0.1) is 17.3 Å². The van der Waals surface area contributed by atoms with Crippen LogP contribution in [0.15, 0.2) is 36.7 Å². The van der Waals surface area contributed by atoms with E-state index in [9.17, 15) is 14.9 Å². The van der Waals surface area contributed by atoms with Gasteiger partial charge in [0.25, 0.3) is 11.6 Å². The molecule has 0 atom stereocenters. The van der Waals surface area contributed by atoms with Crippen LogP contribution in [0, 0.1) is 10.1 Å². The highest BCUT2D eigenvalue weighted by molar-refractivity contribution is 6.29. The van der Waals surface area contributed by atoms with Crippen LogP contribution in [0.5, 0.6) is 0 Å². The van der Waals surface area contributed by atoms with E-state index in [0.29, 0.717) is 5.69 Å². The fourth-order valence-corrected chi connectivity index (χ4v) is 1.46. The molecule has 1 aromatic carbocycles. The Morgan fingerprint density at radius 1 is 1.26 bits per heavy atom. The number of hydrogen-bond donors (Lipinski definition) is 1. The maximum Gasteiger partial charge on any atom is 0.275 e. The van der Waals surface area contributed by atoms with Crippen molar-refractivity contribution < 1.29 is 9.72 Å². The quantitative estimate of drug-likeness (QED) is 0.686. The number of carbonyl (C=O) groups excluding carboxylic acids is 1. The second kappa shape index (κ2) is 5.40. The number of halogens is 1. The van der Waals surface area contributed by atoms with Gasteiger partial charge in [-0.1, -0.05) is 11.6 Å². The minimum Gasteiger partial charge on any atom is -0.321 e. The third-order valence-electron chi connectivity index (χ3n) is 2.17. The third kappa shape index (κ3) is 3.23. The SMILES string of the molecule is O=C(Nc1ccc([N+](=O)[O-])cc1)c1cncc(Cl)n1. The summed E-state index contributed by atoms with van der Waals surface area (Å²) < 4.78 is 0. The molecule has 96 valence electrons. The number of amides is 1. The van der Waals surface area contributed by atoms with Crippen molar-refractivity contribution in [3.8, 4) is 0 Å². The Hall–Kier alpha value is -2.54. The number of nitrogens with one attached hydrogen (secondary N) is 1. The Labute approximate surface area is 112 Å². The highest BCUT2D eigenvalue weighted by Gasteiger charge is 2.10. The molecule has 2 aromatic rings. The van der Waals surface area contributed by atoms with Gasteiger partial charge in [0, 0.05) is 17.8 Å². The van der Waals surface area contributed by atoms with Crippen LogP contribution in [0.3, 0.4) is 0 Å². The zero-order chi connectivity index (χ0) is 13.8. The van der Waals surface area contributed by atoms with E-state index >= 15 is 0 Å². The highest BCUT2D eigenvalue weighted by atomic mass is 35.5. The van der Waals surface area contributed by atoms with Crippen molar-refractivity contribution in [2.24, 2.45) is 0 Å². The number of benzene rings is 1. The number of anilines is 1. The molecule has 0 aliphatic heterocycles. The number of non-ortho nitro benzene ring substituents is 1. The van der Waals surface area contributed by atoms with Gasteiger partial charge in [-0.25, -0.2) is 4.98 Å². The number of aromatic nitrogens is 2. The monoisotopic (exact) mass is 278 g/mol. The second-order valence-corrected chi connectivity index (χ2v) is 3.87. The van der Waals surface area contributed by atoms with E-state index in [1.807, 2.05) is 0 Å². The Balaban J connectivity index is 2.13. The largest absolute Gasteiger partial charge is 0.321 e. The molecule has 7 nitrogen and oxygen atoms in total. The fourth-order valence-electron chi connectivity index (χ4n) is 1.31. The Bertz CT molecular complexity index is 630. The van der Waals surface area contributed by atoms with E-state index in [2.05, 4.69) is 15.3 Å². The van der Waals surface area contributed by atoms with E-state index in [4.69, 9.17) is 11.6 Å². The normalized spacial score (nSPS) is 9.95. The Kier molecular flexibility index (Phi) is 3.67.